The Morgan fingerprint density at radius 1 is 1.04 bits per heavy atom. The predicted octanol–water partition coefficient (Wildman–Crippen LogP) is 3.81. The van der Waals surface area contributed by atoms with Crippen LogP contribution in [0.4, 0.5) is 5.69 Å². The van der Waals surface area contributed by atoms with Gasteiger partial charge in [-0.1, -0.05) is 36.4 Å². The van der Waals surface area contributed by atoms with Crippen molar-refractivity contribution >= 4 is 40.6 Å². The number of anilines is 1. The number of carbonyl (C=O) groups excluding carboxylic acids is 2. The summed E-state index contributed by atoms with van der Waals surface area (Å²) in [6, 6.07) is 20.3. The summed E-state index contributed by atoms with van der Waals surface area (Å²) in [6.07, 6.45) is 1.24. The van der Waals surface area contributed by atoms with Gasteiger partial charge >= 0.3 is 11.8 Å². The summed E-state index contributed by atoms with van der Waals surface area (Å²) < 4.78 is 0. The van der Waals surface area contributed by atoms with Crippen LogP contribution in [0.2, 0.25) is 0 Å². The monoisotopic (exact) mass is 412 g/mol. The van der Waals surface area contributed by atoms with Crippen LogP contribution in [0.1, 0.15) is 21.4 Å². The molecule has 3 N–H and O–H groups in total. The highest BCUT2D eigenvalue weighted by atomic mass is 32.2. The molecule has 0 aliphatic heterocycles. The van der Waals surface area contributed by atoms with E-state index in [1.165, 1.54) is 11.3 Å². The molecule has 0 spiro atoms. The highest BCUT2D eigenvalue weighted by Crippen LogP contribution is 2.28. The lowest BCUT2D eigenvalue weighted by Gasteiger charge is -2.08. The number of nitrogens with one attached hydrogen (secondary N) is 2. The molecule has 1 atom stereocenters. The van der Waals surface area contributed by atoms with Gasteiger partial charge in [0.2, 0.25) is 0 Å². The average Bonchev–Trinajstić information content (AvgIpc) is 3.21. The maximum Gasteiger partial charge on any atom is 0.313 e. The molecule has 0 aliphatic carbocycles. The number of aliphatic hydroxyl groups excluding tert-OH is 1. The van der Waals surface area contributed by atoms with E-state index >= 15 is 0 Å². The topological polar surface area (TPSA) is 78.4 Å². The minimum atomic E-state index is -0.709. The van der Waals surface area contributed by atoms with Crippen molar-refractivity contribution < 1.29 is 14.7 Å². The van der Waals surface area contributed by atoms with Gasteiger partial charge in [-0.05, 0) is 42.2 Å². The molecule has 0 bridgehead atoms. The van der Waals surface area contributed by atoms with Crippen LogP contribution in [0.25, 0.3) is 0 Å². The van der Waals surface area contributed by atoms with Crippen LogP contribution in [0.5, 0.6) is 0 Å². The van der Waals surface area contributed by atoms with Gasteiger partial charge < -0.3 is 15.7 Å². The van der Waals surface area contributed by atoms with E-state index in [0.29, 0.717) is 5.69 Å². The molecule has 5 nitrogen and oxygen atoms in total. The lowest BCUT2D eigenvalue weighted by atomic mass is 10.1. The van der Waals surface area contributed by atoms with Gasteiger partial charge in [-0.2, -0.15) is 0 Å². The Kier molecular flexibility index (Phi) is 6.86. The smallest absolute Gasteiger partial charge is 0.313 e. The molecule has 144 valence electrons. The molecule has 2 amide bonds. The van der Waals surface area contributed by atoms with Crippen molar-refractivity contribution in [2.45, 2.75) is 17.5 Å². The van der Waals surface area contributed by atoms with Crippen LogP contribution in [-0.2, 0) is 16.1 Å². The van der Waals surface area contributed by atoms with E-state index in [1.54, 1.807) is 17.8 Å². The Labute approximate surface area is 171 Å². The summed E-state index contributed by atoms with van der Waals surface area (Å²) in [6.45, 7) is 0.225. The van der Waals surface area contributed by atoms with Crippen molar-refractivity contribution in [1.29, 1.82) is 0 Å². The number of hydrogen-bond donors (Lipinski definition) is 3. The van der Waals surface area contributed by atoms with Crippen molar-refractivity contribution in [2.24, 2.45) is 0 Å². The van der Waals surface area contributed by atoms with Gasteiger partial charge in [0, 0.05) is 20.3 Å². The number of thiophene rings is 1. The fraction of sp³-hybridized carbons (Fsp3) is 0.143. The van der Waals surface area contributed by atoms with Crippen molar-refractivity contribution in [3.05, 3.63) is 82.0 Å². The second-order valence-electron chi connectivity index (χ2n) is 5.99. The highest BCUT2D eigenvalue weighted by molar-refractivity contribution is 7.98. The maximum absolute atomic E-state index is 12.1. The molecule has 3 rings (SSSR count). The Balaban J connectivity index is 1.54. The summed E-state index contributed by atoms with van der Waals surface area (Å²) in [7, 11) is 0. The molecule has 0 saturated heterocycles. The lowest BCUT2D eigenvalue weighted by molar-refractivity contribution is -0.136. The van der Waals surface area contributed by atoms with E-state index < -0.39 is 17.9 Å². The van der Waals surface area contributed by atoms with Gasteiger partial charge in [0.05, 0.1) is 6.54 Å². The van der Waals surface area contributed by atoms with Gasteiger partial charge in [-0.25, -0.2) is 0 Å². The SMILES string of the molecule is CSc1cccc(NC(=O)C(=O)NCc2ccc(C(O)c3ccccc3)s2)c1. The molecule has 1 aromatic heterocycles. The third-order valence-corrected chi connectivity index (χ3v) is 5.89. The molecule has 0 radical (unpaired) electrons. The first kappa shape index (κ1) is 20.1. The van der Waals surface area contributed by atoms with Gasteiger partial charge in [0.25, 0.3) is 0 Å². The highest BCUT2D eigenvalue weighted by Gasteiger charge is 2.16. The number of thioether (sulfide) groups is 1. The molecular weight excluding hydrogens is 392 g/mol. The van der Waals surface area contributed by atoms with Gasteiger partial charge in [-0.15, -0.1) is 23.1 Å². The lowest BCUT2D eigenvalue weighted by Crippen LogP contribution is -2.34. The Hall–Kier alpha value is -2.61. The zero-order valence-corrected chi connectivity index (χ0v) is 16.8. The molecular formula is C21H20N2O3S2. The van der Waals surface area contributed by atoms with E-state index in [9.17, 15) is 14.7 Å². The minimum absolute atomic E-state index is 0.225. The van der Waals surface area contributed by atoms with Crippen LogP contribution in [0.3, 0.4) is 0 Å². The summed E-state index contributed by atoms with van der Waals surface area (Å²) in [5, 5.41) is 15.6. The van der Waals surface area contributed by atoms with Crippen molar-refractivity contribution in [2.75, 3.05) is 11.6 Å². The molecule has 3 aromatic rings. The minimum Gasteiger partial charge on any atom is -0.383 e. The van der Waals surface area contributed by atoms with Crippen molar-refractivity contribution in [1.82, 2.24) is 5.32 Å². The molecule has 1 unspecified atom stereocenters. The largest absolute Gasteiger partial charge is 0.383 e. The number of carbonyl (C=O) groups is 2. The van der Waals surface area contributed by atoms with Crippen LogP contribution in [-0.4, -0.2) is 23.2 Å². The van der Waals surface area contributed by atoms with E-state index in [0.717, 1.165) is 20.2 Å². The number of amides is 2. The molecule has 7 heteroatoms. The zero-order valence-electron chi connectivity index (χ0n) is 15.2. The molecule has 1 heterocycles. The summed E-state index contributed by atoms with van der Waals surface area (Å²) in [5.41, 5.74) is 1.39. The molecule has 0 saturated carbocycles. The summed E-state index contributed by atoms with van der Waals surface area (Å²) >= 11 is 2.96. The third kappa shape index (κ3) is 5.22. The van der Waals surface area contributed by atoms with Gasteiger partial charge in [0.15, 0.2) is 0 Å². The molecule has 28 heavy (non-hydrogen) atoms. The normalized spacial score (nSPS) is 11.6. The molecule has 0 fully saturated rings. The van der Waals surface area contributed by atoms with Gasteiger partial charge in [-0.3, -0.25) is 9.59 Å². The maximum atomic E-state index is 12.1. The first-order valence-electron chi connectivity index (χ1n) is 8.61. The van der Waals surface area contributed by atoms with Gasteiger partial charge in [0.1, 0.15) is 6.10 Å². The van der Waals surface area contributed by atoms with Crippen molar-refractivity contribution in [3.63, 3.8) is 0 Å². The first-order valence-corrected chi connectivity index (χ1v) is 10.7. The van der Waals surface area contributed by atoms with Crippen LogP contribution < -0.4 is 10.6 Å². The Bertz CT molecular complexity index is 957. The van der Waals surface area contributed by atoms with E-state index in [4.69, 9.17) is 0 Å². The Morgan fingerprint density at radius 3 is 2.57 bits per heavy atom. The van der Waals surface area contributed by atoms with E-state index in [-0.39, 0.29) is 6.54 Å². The second kappa shape index (κ2) is 9.54. The number of hydrogen-bond acceptors (Lipinski definition) is 5. The van der Waals surface area contributed by atoms with Crippen molar-refractivity contribution in [3.8, 4) is 0 Å². The molecule has 0 aliphatic rings. The van der Waals surface area contributed by atoms with E-state index in [2.05, 4.69) is 10.6 Å². The third-order valence-electron chi connectivity index (χ3n) is 4.02. The fourth-order valence-corrected chi connectivity index (χ4v) is 4.00. The fourth-order valence-electron chi connectivity index (χ4n) is 2.57. The average molecular weight is 413 g/mol. The molecule has 2 aromatic carbocycles. The van der Waals surface area contributed by atoms with Crippen LogP contribution >= 0.6 is 23.1 Å². The second-order valence-corrected chi connectivity index (χ2v) is 8.07. The quantitative estimate of drug-likeness (QED) is 0.425. The van der Waals surface area contributed by atoms with E-state index in [1.807, 2.05) is 66.9 Å². The predicted molar refractivity (Wildman–Crippen MR) is 114 cm³/mol. The van der Waals surface area contributed by atoms with Crippen LogP contribution in [0, 0.1) is 0 Å². The zero-order chi connectivity index (χ0) is 19.9. The number of benzene rings is 2. The Morgan fingerprint density at radius 2 is 1.82 bits per heavy atom. The number of rotatable bonds is 6. The first-order chi connectivity index (χ1) is 13.6. The standard InChI is InChI=1S/C21H20N2O3S2/c1-27-16-9-5-8-15(12-16)23-21(26)20(25)22-13-17-10-11-18(28-17)19(24)14-6-3-2-4-7-14/h2-12,19,24H,13H2,1H3,(H,22,25)(H,23,26). The summed E-state index contributed by atoms with van der Waals surface area (Å²) in [5.74, 6) is -1.41. The van der Waals surface area contributed by atoms with Crippen LogP contribution in [0.15, 0.2) is 71.6 Å². The summed E-state index contributed by atoms with van der Waals surface area (Å²) in [4.78, 5) is 26.8. The number of aliphatic hydroxyl groups is 1.